The van der Waals surface area contributed by atoms with Crippen molar-refractivity contribution in [2.45, 2.75) is 75.8 Å². The van der Waals surface area contributed by atoms with Crippen LogP contribution >= 0.6 is 0 Å². The standard InChI is InChI=1S/C27H32FN5O3/c28-18-5-7-19(8-6-18)29-24(34)15-25(35)33-22-13-17(22)14-23(33)27(36)32-11-9-16(10-12-32)26-20-3-1-2-4-21(20)30-31-26/h5-8,16-17,22-23H,1-4,9-15H2,(H,29,34)(H,30,31)/t17-,22+,23+/m1/s1. The average Bonchev–Trinajstić information content (AvgIpc) is 3.33. The number of benzene rings is 1. The van der Waals surface area contributed by atoms with Gasteiger partial charge in [-0.05, 0) is 87.1 Å². The fourth-order valence-corrected chi connectivity index (χ4v) is 6.43. The largest absolute Gasteiger partial charge is 0.341 e. The summed E-state index contributed by atoms with van der Waals surface area (Å²) in [4.78, 5) is 42.6. The van der Waals surface area contributed by atoms with Gasteiger partial charge in [0.25, 0.3) is 0 Å². The molecule has 36 heavy (non-hydrogen) atoms. The van der Waals surface area contributed by atoms with Gasteiger partial charge >= 0.3 is 0 Å². The van der Waals surface area contributed by atoms with E-state index in [-0.39, 0.29) is 24.3 Å². The third-order valence-electron chi connectivity index (χ3n) is 8.40. The van der Waals surface area contributed by atoms with E-state index in [1.54, 1.807) is 4.90 Å². The molecule has 6 rings (SSSR count). The van der Waals surface area contributed by atoms with E-state index in [9.17, 15) is 18.8 Å². The number of nitrogens with zero attached hydrogens (tertiary/aromatic N) is 3. The van der Waals surface area contributed by atoms with Crippen molar-refractivity contribution in [1.29, 1.82) is 0 Å². The van der Waals surface area contributed by atoms with E-state index in [1.807, 2.05) is 4.90 Å². The van der Waals surface area contributed by atoms with Gasteiger partial charge in [0.1, 0.15) is 18.3 Å². The minimum Gasteiger partial charge on any atom is -0.341 e. The summed E-state index contributed by atoms with van der Waals surface area (Å²) in [6.45, 7) is 1.34. The molecule has 4 aliphatic rings. The number of aryl methyl sites for hydroxylation is 1. The van der Waals surface area contributed by atoms with Crippen molar-refractivity contribution in [3.8, 4) is 0 Å². The normalized spacial score (nSPS) is 25.3. The van der Waals surface area contributed by atoms with Gasteiger partial charge in [0.2, 0.25) is 17.7 Å². The number of hydrogen-bond acceptors (Lipinski definition) is 4. The zero-order chi connectivity index (χ0) is 24.8. The number of H-pyrrole nitrogens is 1. The van der Waals surface area contributed by atoms with Gasteiger partial charge in [-0.2, -0.15) is 5.10 Å². The van der Waals surface area contributed by atoms with E-state index < -0.39 is 17.8 Å². The number of amides is 3. The molecule has 0 radical (unpaired) electrons. The molecule has 2 saturated heterocycles. The second-order valence-corrected chi connectivity index (χ2v) is 10.7. The minimum absolute atomic E-state index is 0.0111. The van der Waals surface area contributed by atoms with Gasteiger partial charge in [-0.3, -0.25) is 19.5 Å². The van der Waals surface area contributed by atoms with Crippen LogP contribution in [0.3, 0.4) is 0 Å². The van der Waals surface area contributed by atoms with Gasteiger partial charge in [0.15, 0.2) is 0 Å². The molecule has 3 amide bonds. The van der Waals surface area contributed by atoms with Crippen LogP contribution in [0.5, 0.6) is 0 Å². The molecule has 1 aromatic heterocycles. The number of halogens is 1. The molecule has 9 heteroatoms. The predicted molar refractivity (Wildman–Crippen MR) is 131 cm³/mol. The Bertz CT molecular complexity index is 1170. The molecule has 2 aliphatic carbocycles. The van der Waals surface area contributed by atoms with Crippen molar-refractivity contribution in [3.63, 3.8) is 0 Å². The highest BCUT2D eigenvalue weighted by molar-refractivity contribution is 6.05. The van der Waals surface area contributed by atoms with Crippen LogP contribution in [-0.4, -0.2) is 62.9 Å². The number of piperidine rings is 2. The molecule has 8 nitrogen and oxygen atoms in total. The molecular weight excluding hydrogens is 461 g/mol. The molecule has 0 spiro atoms. The number of hydrogen-bond donors (Lipinski definition) is 2. The molecule has 2 aromatic rings. The highest BCUT2D eigenvalue weighted by Crippen LogP contribution is 2.48. The molecule has 1 aromatic carbocycles. The lowest BCUT2D eigenvalue weighted by Gasteiger charge is -2.36. The summed E-state index contributed by atoms with van der Waals surface area (Å²) in [5, 5.41) is 10.5. The number of likely N-dealkylation sites (tertiary alicyclic amines) is 2. The maximum Gasteiger partial charge on any atom is 0.245 e. The first kappa shape index (κ1) is 23.2. The molecule has 190 valence electrons. The number of aromatic amines is 1. The summed E-state index contributed by atoms with van der Waals surface area (Å²) in [7, 11) is 0. The van der Waals surface area contributed by atoms with Gasteiger partial charge in [0, 0.05) is 36.4 Å². The van der Waals surface area contributed by atoms with E-state index in [0.717, 1.165) is 32.1 Å². The van der Waals surface area contributed by atoms with Gasteiger partial charge in [0.05, 0.1) is 5.69 Å². The van der Waals surface area contributed by atoms with Gasteiger partial charge in [-0.15, -0.1) is 0 Å². The zero-order valence-corrected chi connectivity index (χ0v) is 20.3. The van der Waals surface area contributed by atoms with Gasteiger partial charge in [-0.1, -0.05) is 0 Å². The van der Waals surface area contributed by atoms with Gasteiger partial charge in [-0.25, -0.2) is 4.39 Å². The van der Waals surface area contributed by atoms with Crippen LogP contribution in [0.25, 0.3) is 0 Å². The van der Waals surface area contributed by atoms with Crippen LogP contribution in [0.15, 0.2) is 24.3 Å². The number of fused-ring (bicyclic) bond motifs is 2. The summed E-state index contributed by atoms with van der Waals surface area (Å²) in [5.41, 5.74) is 4.33. The van der Waals surface area contributed by atoms with E-state index in [2.05, 4.69) is 15.5 Å². The molecule has 1 saturated carbocycles. The Labute approximate surface area is 209 Å². The lowest BCUT2D eigenvalue weighted by atomic mass is 9.86. The van der Waals surface area contributed by atoms with Crippen molar-refractivity contribution < 1.29 is 18.8 Å². The van der Waals surface area contributed by atoms with Crippen LogP contribution in [0.4, 0.5) is 10.1 Å². The predicted octanol–water partition coefficient (Wildman–Crippen LogP) is 3.15. The second kappa shape index (κ2) is 9.33. The van der Waals surface area contributed by atoms with Crippen molar-refractivity contribution in [2.24, 2.45) is 5.92 Å². The van der Waals surface area contributed by atoms with Crippen molar-refractivity contribution in [3.05, 3.63) is 47.0 Å². The zero-order valence-electron chi connectivity index (χ0n) is 20.3. The number of carbonyl (C=O) groups is 3. The summed E-state index contributed by atoms with van der Waals surface area (Å²) in [5.74, 6) is -0.415. The van der Waals surface area contributed by atoms with Crippen molar-refractivity contribution >= 4 is 23.4 Å². The van der Waals surface area contributed by atoms with Crippen molar-refractivity contribution in [2.75, 3.05) is 18.4 Å². The molecule has 3 heterocycles. The monoisotopic (exact) mass is 493 g/mol. The Morgan fingerprint density at radius 3 is 2.58 bits per heavy atom. The number of aromatic nitrogens is 2. The quantitative estimate of drug-likeness (QED) is 0.625. The van der Waals surface area contributed by atoms with Gasteiger partial charge < -0.3 is 15.1 Å². The van der Waals surface area contributed by atoms with Crippen LogP contribution in [0, 0.1) is 11.7 Å². The highest BCUT2D eigenvalue weighted by atomic mass is 19.1. The van der Waals surface area contributed by atoms with E-state index in [0.29, 0.717) is 37.0 Å². The Kier molecular flexibility index (Phi) is 6.01. The Morgan fingerprint density at radius 2 is 1.81 bits per heavy atom. The lowest BCUT2D eigenvalue weighted by molar-refractivity contribution is -0.146. The second-order valence-electron chi connectivity index (χ2n) is 10.7. The Morgan fingerprint density at radius 1 is 1.06 bits per heavy atom. The molecule has 2 aliphatic heterocycles. The number of rotatable bonds is 5. The fourth-order valence-electron chi connectivity index (χ4n) is 6.43. The minimum atomic E-state index is -0.477. The van der Waals surface area contributed by atoms with Crippen molar-refractivity contribution in [1.82, 2.24) is 20.0 Å². The highest BCUT2D eigenvalue weighted by Gasteiger charge is 2.56. The van der Waals surface area contributed by atoms with E-state index in [4.69, 9.17) is 0 Å². The third kappa shape index (κ3) is 4.40. The maximum absolute atomic E-state index is 13.5. The summed E-state index contributed by atoms with van der Waals surface area (Å²) in [6, 6.07) is 5.02. The molecule has 0 bridgehead atoms. The van der Waals surface area contributed by atoms with Crippen LogP contribution in [0.1, 0.15) is 67.8 Å². The topological polar surface area (TPSA) is 98.4 Å². The first-order valence-electron chi connectivity index (χ1n) is 13.2. The van der Waals surface area contributed by atoms with Crippen LogP contribution in [-0.2, 0) is 27.2 Å². The maximum atomic E-state index is 13.5. The average molecular weight is 494 g/mol. The lowest BCUT2D eigenvalue weighted by Crippen LogP contribution is -2.51. The van der Waals surface area contributed by atoms with Crippen LogP contribution < -0.4 is 5.32 Å². The Hall–Kier alpha value is -3.23. The summed E-state index contributed by atoms with van der Waals surface area (Å²) in [6.07, 6.45) is 7.64. The fraction of sp³-hybridized carbons (Fsp3) is 0.556. The first-order valence-corrected chi connectivity index (χ1v) is 13.2. The molecule has 3 fully saturated rings. The first-order chi connectivity index (χ1) is 17.5. The van der Waals surface area contributed by atoms with Crippen LogP contribution in [0.2, 0.25) is 0 Å². The Balaban J connectivity index is 1.06. The summed E-state index contributed by atoms with van der Waals surface area (Å²) >= 11 is 0. The van der Waals surface area contributed by atoms with E-state index in [1.165, 1.54) is 54.1 Å². The third-order valence-corrected chi connectivity index (χ3v) is 8.40. The molecular formula is C27H32FN5O3. The summed E-state index contributed by atoms with van der Waals surface area (Å²) < 4.78 is 13.1. The molecule has 2 N–H and O–H groups in total. The number of anilines is 1. The number of carbonyl (C=O) groups excluding carboxylic acids is 3. The molecule has 3 atom stereocenters. The number of nitrogens with one attached hydrogen (secondary N) is 2. The molecule has 0 unspecified atom stereocenters. The van der Waals surface area contributed by atoms with E-state index >= 15 is 0 Å². The smallest absolute Gasteiger partial charge is 0.245 e. The SMILES string of the molecule is O=C(CC(=O)N1[C@H](C(=O)N2CCC(c3n[nH]c4c3CCCC4)CC2)C[C@H]2C[C@@H]21)Nc1ccc(F)cc1.